The van der Waals surface area contributed by atoms with Gasteiger partial charge in [-0.2, -0.15) is 0 Å². The first-order chi connectivity index (χ1) is 28.5. The lowest BCUT2D eigenvalue weighted by Crippen LogP contribution is -2.49. The summed E-state index contributed by atoms with van der Waals surface area (Å²) in [6, 6.07) is 40.5. The molecular weight excluding hydrogens is 812 g/mol. The molecule has 0 unspecified atom stereocenters. The number of carbonyl (C=O) groups is 2. The molecular formula is C48H51BrN2O8. The molecule has 10 nitrogen and oxygen atoms in total. The van der Waals surface area contributed by atoms with Crippen LogP contribution in [0.1, 0.15) is 74.0 Å². The number of aliphatic imine (C=N–C) groups is 1. The monoisotopic (exact) mass is 862 g/mol. The molecule has 0 radical (unpaired) electrons. The second-order valence-corrected chi connectivity index (χ2v) is 16.2. The van der Waals surface area contributed by atoms with Crippen molar-refractivity contribution in [2.24, 2.45) is 4.99 Å². The van der Waals surface area contributed by atoms with E-state index < -0.39 is 23.2 Å². The number of benzene rings is 5. The van der Waals surface area contributed by atoms with Crippen molar-refractivity contribution in [2.75, 3.05) is 19.8 Å². The molecule has 0 aliphatic carbocycles. The molecule has 0 saturated heterocycles. The summed E-state index contributed by atoms with van der Waals surface area (Å²) < 4.78 is 31.4. The number of nitrogens with one attached hydrogen (secondary N) is 1. The Kier molecular flexibility index (Phi) is 14.8. The van der Waals surface area contributed by atoms with E-state index >= 15 is 0 Å². The van der Waals surface area contributed by atoms with E-state index in [1.54, 1.807) is 12.1 Å². The predicted molar refractivity (Wildman–Crippen MR) is 231 cm³/mol. The molecule has 1 aliphatic rings. The molecule has 0 aromatic heterocycles. The number of amides is 1. The molecule has 5 aromatic rings. The second-order valence-electron chi connectivity index (χ2n) is 15.3. The van der Waals surface area contributed by atoms with Crippen molar-refractivity contribution in [2.45, 2.75) is 76.9 Å². The van der Waals surface area contributed by atoms with Crippen molar-refractivity contribution in [3.63, 3.8) is 0 Å². The van der Waals surface area contributed by atoms with Crippen molar-refractivity contribution < 1.29 is 38.4 Å². The first-order valence-corrected chi connectivity index (χ1v) is 20.6. The summed E-state index contributed by atoms with van der Waals surface area (Å²) >= 11 is 3.52. The molecule has 11 heteroatoms. The molecule has 1 heterocycles. The Balaban J connectivity index is 1.26. The zero-order chi connectivity index (χ0) is 41.7. The van der Waals surface area contributed by atoms with Crippen LogP contribution < -0.4 is 19.5 Å². The van der Waals surface area contributed by atoms with Crippen LogP contribution >= 0.6 is 15.9 Å². The fraction of sp³-hybridized carbons (Fsp3) is 0.312. The van der Waals surface area contributed by atoms with Crippen LogP contribution in [0.2, 0.25) is 0 Å². The fourth-order valence-electron chi connectivity index (χ4n) is 6.58. The fourth-order valence-corrected chi connectivity index (χ4v) is 6.84. The second kappa shape index (κ2) is 20.4. The highest BCUT2D eigenvalue weighted by molar-refractivity contribution is 9.10. The zero-order valence-electron chi connectivity index (χ0n) is 33.7. The average molecular weight is 864 g/mol. The van der Waals surface area contributed by atoms with Crippen molar-refractivity contribution in [1.29, 1.82) is 0 Å². The van der Waals surface area contributed by atoms with Gasteiger partial charge in [0.1, 0.15) is 24.6 Å². The number of hydrogen-bond acceptors (Lipinski definition) is 9. The molecule has 1 aliphatic heterocycles. The third kappa shape index (κ3) is 12.2. The maximum Gasteiger partial charge on any atom is 0.306 e. The van der Waals surface area contributed by atoms with Crippen LogP contribution in [0, 0.1) is 0 Å². The van der Waals surface area contributed by atoms with Crippen molar-refractivity contribution in [3.05, 3.63) is 160 Å². The smallest absolute Gasteiger partial charge is 0.306 e. The van der Waals surface area contributed by atoms with Gasteiger partial charge in [0.25, 0.3) is 5.91 Å². The summed E-state index contributed by atoms with van der Waals surface area (Å²) in [6.07, 6.45) is 0.104. The highest BCUT2D eigenvalue weighted by Crippen LogP contribution is 2.44. The Labute approximate surface area is 354 Å². The van der Waals surface area contributed by atoms with Gasteiger partial charge in [0, 0.05) is 36.0 Å². The summed E-state index contributed by atoms with van der Waals surface area (Å²) in [6.45, 7) is 6.86. The number of hydrogen-bond donors (Lipinski definition) is 2. The van der Waals surface area contributed by atoms with Crippen molar-refractivity contribution in [1.82, 2.24) is 5.32 Å². The lowest BCUT2D eigenvalue weighted by molar-refractivity contribution is -0.155. The van der Waals surface area contributed by atoms with Gasteiger partial charge in [0.05, 0.1) is 6.61 Å². The summed E-state index contributed by atoms with van der Waals surface area (Å²) in [5.41, 5.74) is 2.14. The van der Waals surface area contributed by atoms with Gasteiger partial charge in [-0.1, -0.05) is 94.8 Å². The van der Waals surface area contributed by atoms with E-state index in [1.807, 2.05) is 136 Å². The van der Waals surface area contributed by atoms with Gasteiger partial charge >= 0.3 is 5.97 Å². The Hall–Kier alpha value is -5.65. The van der Waals surface area contributed by atoms with E-state index in [0.29, 0.717) is 55.5 Å². The minimum absolute atomic E-state index is 0.0330. The highest BCUT2D eigenvalue weighted by atomic mass is 79.9. The summed E-state index contributed by atoms with van der Waals surface area (Å²) in [5, 5.41) is 12.3. The number of aliphatic hydroxyl groups excluding tert-OH is 1. The molecule has 0 fully saturated rings. The van der Waals surface area contributed by atoms with Gasteiger partial charge in [-0.25, -0.2) is 4.99 Å². The molecule has 59 heavy (non-hydrogen) atoms. The van der Waals surface area contributed by atoms with Crippen LogP contribution in [-0.2, 0) is 38.7 Å². The number of esters is 1. The number of nitrogens with zero attached hydrogens (tertiary/aromatic N) is 1. The third-order valence-electron chi connectivity index (χ3n) is 9.51. The zero-order valence-corrected chi connectivity index (χ0v) is 35.3. The number of rotatable bonds is 19. The average Bonchev–Trinajstić information content (AvgIpc) is 3.63. The number of aliphatic hydroxyl groups is 1. The Bertz CT molecular complexity index is 2160. The van der Waals surface area contributed by atoms with Crippen LogP contribution in [0.4, 0.5) is 0 Å². The van der Waals surface area contributed by atoms with E-state index in [0.717, 1.165) is 26.7 Å². The van der Waals surface area contributed by atoms with Crippen LogP contribution in [0.3, 0.4) is 0 Å². The molecule has 308 valence electrons. The minimum Gasteiger partial charge on any atom is -0.494 e. The number of carbonyl (C=O) groups excluding carboxylic acids is 2. The van der Waals surface area contributed by atoms with E-state index in [2.05, 4.69) is 21.2 Å². The standard InChI is InChI=1S/C48H51BrN2O8/c1-47(2,3)59-43(53)25-27-48(44(37-16-20-39(49)21-17-37)58-45(51-48)38-18-22-40(23-19-38)55-30-10-29-52)46(54)50-28-26-34-15-24-41(56-32-35-11-6-4-7-12-35)42(31-34)57-33-36-13-8-5-9-14-36/h4-9,11-24,31,44,52H,10,25-30,32-33H2,1-3H3,(H,50,54)/t44-,48-/m1/s1. The molecule has 0 spiro atoms. The van der Waals surface area contributed by atoms with E-state index in [4.69, 9.17) is 33.8 Å². The Morgan fingerprint density at radius 2 is 1.44 bits per heavy atom. The Morgan fingerprint density at radius 1 is 0.797 bits per heavy atom. The molecule has 0 bridgehead atoms. The summed E-state index contributed by atoms with van der Waals surface area (Å²) in [7, 11) is 0. The normalized spacial score (nSPS) is 16.1. The van der Waals surface area contributed by atoms with Gasteiger partial charge < -0.3 is 34.1 Å². The topological polar surface area (TPSA) is 125 Å². The van der Waals surface area contributed by atoms with Gasteiger partial charge in [0.15, 0.2) is 23.1 Å². The summed E-state index contributed by atoms with van der Waals surface area (Å²) in [5.74, 6) is 1.29. The third-order valence-corrected chi connectivity index (χ3v) is 10.0. The van der Waals surface area contributed by atoms with Crippen molar-refractivity contribution >= 4 is 33.7 Å². The van der Waals surface area contributed by atoms with Crippen LogP contribution in [-0.4, -0.2) is 53.8 Å². The molecule has 5 aromatic carbocycles. The van der Waals surface area contributed by atoms with Gasteiger partial charge in [0.2, 0.25) is 5.90 Å². The van der Waals surface area contributed by atoms with E-state index in [9.17, 15) is 9.59 Å². The molecule has 1 amide bonds. The first-order valence-electron chi connectivity index (χ1n) is 19.8. The van der Waals surface area contributed by atoms with Crippen LogP contribution in [0.15, 0.2) is 137 Å². The quantitative estimate of drug-likeness (QED) is 0.0623. The maximum atomic E-state index is 14.7. The number of ether oxygens (including phenoxy) is 5. The van der Waals surface area contributed by atoms with Crippen LogP contribution in [0.5, 0.6) is 17.2 Å². The van der Waals surface area contributed by atoms with Gasteiger partial charge in [-0.15, -0.1) is 0 Å². The molecule has 6 rings (SSSR count). The van der Waals surface area contributed by atoms with Crippen LogP contribution in [0.25, 0.3) is 0 Å². The predicted octanol–water partition coefficient (Wildman–Crippen LogP) is 9.11. The van der Waals surface area contributed by atoms with E-state index in [1.165, 1.54) is 0 Å². The van der Waals surface area contributed by atoms with E-state index in [-0.39, 0.29) is 37.8 Å². The molecule has 2 N–H and O–H groups in total. The Morgan fingerprint density at radius 3 is 2.07 bits per heavy atom. The lowest BCUT2D eigenvalue weighted by atomic mass is 9.83. The molecule has 2 atom stereocenters. The maximum absolute atomic E-state index is 14.7. The SMILES string of the molecule is CC(C)(C)OC(=O)CC[C@@]1(C(=O)NCCc2ccc(OCc3ccccc3)c(OCc3ccccc3)c2)N=C(c2ccc(OCCCO)cc2)O[C@@H]1c1ccc(Br)cc1. The largest absolute Gasteiger partial charge is 0.494 e. The first kappa shape index (κ1) is 42.9. The lowest BCUT2D eigenvalue weighted by Gasteiger charge is -2.31. The summed E-state index contributed by atoms with van der Waals surface area (Å²) in [4.78, 5) is 33.0. The van der Waals surface area contributed by atoms with Gasteiger partial charge in [-0.3, -0.25) is 9.59 Å². The minimum atomic E-state index is -1.52. The molecule has 0 saturated carbocycles. The van der Waals surface area contributed by atoms with Gasteiger partial charge in [-0.05, 0) is 104 Å². The number of halogens is 1. The highest BCUT2D eigenvalue weighted by Gasteiger charge is 2.53. The van der Waals surface area contributed by atoms with Crippen molar-refractivity contribution in [3.8, 4) is 17.2 Å².